The molecule has 12 heavy (non-hydrogen) atoms. The number of nitrogens with one attached hydrogen (secondary N) is 1. The zero-order chi connectivity index (χ0) is 8.97. The lowest BCUT2D eigenvalue weighted by molar-refractivity contribution is 0.0903. The molecule has 0 fully saturated rings. The van der Waals surface area contributed by atoms with E-state index in [9.17, 15) is 4.79 Å². The van der Waals surface area contributed by atoms with E-state index < -0.39 is 0 Å². The van der Waals surface area contributed by atoms with Crippen molar-refractivity contribution in [2.75, 3.05) is 0 Å². The number of carbonyl (C=O) groups is 1. The van der Waals surface area contributed by atoms with Crippen molar-refractivity contribution in [2.24, 2.45) is 5.92 Å². The van der Waals surface area contributed by atoms with E-state index in [0.29, 0.717) is 5.82 Å². The fourth-order valence-electron chi connectivity index (χ4n) is 1.18. The van der Waals surface area contributed by atoms with Crippen LogP contribution in [0, 0.1) is 5.92 Å². The van der Waals surface area contributed by atoms with Gasteiger partial charge in [0.25, 0.3) is 0 Å². The van der Waals surface area contributed by atoms with Crippen molar-refractivity contribution in [3.63, 3.8) is 0 Å². The van der Waals surface area contributed by atoms with Crippen LogP contribution in [-0.4, -0.2) is 21.0 Å². The highest BCUT2D eigenvalue weighted by Crippen LogP contribution is 2.11. The van der Waals surface area contributed by atoms with Gasteiger partial charge in [-0.1, -0.05) is 13.8 Å². The topological polar surface area (TPSA) is 58.6 Å². The second-order valence-corrected chi connectivity index (χ2v) is 2.71. The molecule has 4 nitrogen and oxygen atoms in total. The van der Waals surface area contributed by atoms with Crippen LogP contribution in [-0.2, 0) is 0 Å². The van der Waals surface area contributed by atoms with Crippen LogP contribution >= 0.6 is 0 Å². The van der Waals surface area contributed by atoms with Crippen molar-refractivity contribution in [3.8, 4) is 0 Å². The van der Waals surface area contributed by atoms with Gasteiger partial charge in [-0.15, -0.1) is 0 Å². The largest absolute Gasteiger partial charge is 0.290 e. The highest BCUT2D eigenvalue weighted by Gasteiger charge is 2.18. The van der Waals surface area contributed by atoms with E-state index in [2.05, 4.69) is 15.2 Å². The van der Waals surface area contributed by atoms with Crippen molar-refractivity contribution >= 4 is 5.78 Å². The Hall–Kier alpha value is -1.19. The summed E-state index contributed by atoms with van der Waals surface area (Å²) in [6.07, 6.45) is 3.07. The summed E-state index contributed by atoms with van der Waals surface area (Å²) in [4.78, 5) is 15.4. The Balaban J connectivity index is 2.70. The first-order chi connectivity index (χ1) is 5.79. The SMILES string of the molecule is CCC(CC)C(=O)c1ncn[nH]1. The predicted molar refractivity (Wildman–Crippen MR) is 44.8 cm³/mol. The Labute approximate surface area is 71.4 Å². The molecule has 0 amide bonds. The summed E-state index contributed by atoms with van der Waals surface area (Å²) in [6.45, 7) is 4.00. The monoisotopic (exact) mass is 167 g/mol. The van der Waals surface area contributed by atoms with Gasteiger partial charge in [0.1, 0.15) is 6.33 Å². The average Bonchev–Trinajstić information content (AvgIpc) is 2.58. The second kappa shape index (κ2) is 3.99. The third kappa shape index (κ3) is 1.69. The number of carbonyl (C=O) groups excluding carboxylic acids is 1. The van der Waals surface area contributed by atoms with E-state index in [1.165, 1.54) is 6.33 Å². The van der Waals surface area contributed by atoms with Crippen molar-refractivity contribution in [1.29, 1.82) is 0 Å². The summed E-state index contributed by atoms with van der Waals surface area (Å²) in [7, 11) is 0. The number of hydrogen-bond donors (Lipinski definition) is 1. The molecule has 1 heterocycles. The Morgan fingerprint density at radius 2 is 2.25 bits per heavy atom. The van der Waals surface area contributed by atoms with Crippen LogP contribution in [0.2, 0.25) is 0 Å². The third-order valence-electron chi connectivity index (χ3n) is 2.00. The molecule has 0 aliphatic rings. The molecule has 0 atom stereocenters. The first-order valence-corrected chi connectivity index (χ1v) is 4.19. The molecular formula is C8H13N3O. The smallest absolute Gasteiger partial charge is 0.202 e. The molecule has 1 N–H and O–H groups in total. The van der Waals surface area contributed by atoms with E-state index in [1.54, 1.807) is 0 Å². The Bertz CT molecular complexity index is 239. The zero-order valence-electron chi connectivity index (χ0n) is 7.37. The molecule has 1 aromatic rings. The number of aromatic nitrogens is 3. The van der Waals surface area contributed by atoms with Gasteiger partial charge in [-0.2, -0.15) is 5.10 Å². The minimum absolute atomic E-state index is 0.0671. The fraction of sp³-hybridized carbons (Fsp3) is 0.625. The summed E-state index contributed by atoms with van der Waals surface area (Å²) < 4.78 is 0. The lowest BCUT2D eigenvalue weighted by Gasteiger charge is -2.07. The zero-order valence-corrected chi connectivity index (χ0v) is 7.37. The molecule has 0 unspecified atom stereocenters. The van der Waals surface area contributed by atoms with Crippen LogP contribution in [0.4, 0.5) is 0 Å². The van der Waals surface area contributed by atoms with Gasteiger partial charge in [-0.25, -0.2) is 4.98 Å². The summed E-state index contributed by atoms with van der Waals surface area (Å²) in [5, 5.41) is 6.21. The van der Waals surface area contributed by atoms with Gasteiger partial charge in [0.15, 0.2) is 5.82 Å². The number of rotatable bonds is 4. The van der Waals surface area contributed by atoms with Crippen LogP contribution < -0.4 is 0 Å². The van der Waals surface area contributed by atoms with Gasteiger partial charge in [-0.3, -0.25) is 9.89 Å². The minimum atomic E-state index is 0.0671. The maximum atomic E-state index is 11.5. The molecule has 4 heteroatoms. The van der Waals surface area contributed by atoms with Crippen molar-refractivity contribution in [3.05, 3.63) is 12.2 Å². The van der Waals surface area contributed by atoms with E-state index in [-0.39, 0.29) is 11.7 Å². The molecule has 1 aromatic heterocycles. The average molecular weight is 167 g/mol. The molecule has 0 saturated heterocycles. The molecule has 0 spiro atoms. The minimum Gasteiger partial charge on any atom is -0.290 e. The number of H-pyrrole nitrogens is 1. The van der Waals surface area contributed by atoms with Crippen LogP contribution in [0.3, 0.4) is 0 Å². The predicted octanol–water partition coefficient (Wildman–Crippen LogP) is 1.42. The molecule has 0 aliphatic heterocycles. The van der Waals surface area contributed by atoms with Gasteiger partial charge in [0, 0.05) is 5.92 Å². The van der Waals surface area contributed by atoms with Gasteiger partial charge in [-0.05, 0) is 12.8 Å². The van der Waals surface area contributed by atoms with E-state index in [4.69, 9.17) is 0 Å². The van der Waals surface area contributed by atoms with E-state index in [1.807, 2.05) is 13.8 Å². The molecule has 0 bridgehead atoms. The molecule has 1 rings (SSSR count). The Morgan fingerprint density at radius 1 is 1.58 bits per heavy atom. The number of Topliss-reactive ketones (excluding diaryl/α,β-unsaturated/α-hetero) is 1. The third-order valence-corrected chi connectivity index (χ3v) is 2.00. The summed E-state index contributed by atoms with van der Waals surface area (Å²) in [5.74, 6) is 0.527. The van der Waals surface area contributed by atoms with E-state index in [0.717, 1.165) is 12.8 Å². The quantitative estimate of drug-likeness (QED) is 0.690. The second-order valence-electron chi connectivity index (χ2n) is 2.71. The molecule has 0 saturated carbocycles. The number of ketones is 1. The van der Waals surface area contributed by atoms with Crippen molar-refractivity contribution < 1.29 is 4.79 Å². The highest BCUT2D eigenvalue weighted by atomic mass is 16.1. The number of aromatic amines is 1. The lowest BCUT2D eigenvalue weighted by Crippen LogP contribution is -2.14. The molecule has 0 aromatic carbocycles. The molecule has 66 valence electrons. The summed E-state index contributed by atoms with van der Waals surface area (Å²) >= 11 is 0. The van der Waals surface area contributed by atoms with Crippen LogP contribution in [0.25, 0.3) is 0 Å². The highest BCUT2D eigenvalue weighted by molar-refractivity contribution is 5.94. The summed E-state index contributed by atoms with van der Waals surface area (Å²) in [5.41, 5.74) is 0. The lowest BCUT2D eigenvalue weighted by atomic mass is 9.98. The maximum absolute atomic E-state index is 11.5. The van der Waals surface area contributed by atoms with Gasteiger partial charge < -0.3 is 0 Å². The number of nitrogens with zero attached hydrogens (tertiary/aromatic N) is 2. The van der Waals surface area contributed by atoms with Crippen molar-refractivity contribution in [2.45, 2.75) is 26.7 Å². The Morgan fingerprint density at radius 3 is 2.67 bits per heavy atom. The molecule has 0 radical (unpaired) electrons. The first kappa shape index (κ1) is 8.90. The van der Waals surface area contributed by atoms with E-state index >= 15 is 0 Å². The fourth-order valence-corrected chi connectivity index (χ4v) is 1.18. The summed E-state index contributed by atoms with van der Waals surface area (Å²) in [6, 6.07) is 0. The first-order valence-electron chi connectivity index (χ1n) is 4.19. The number of hydrogen-bond acceptors (Lipinski definition) is 3. The Kier molecular flexibility index (Phi) is 2.96. The van der Waals surface area contributed by atoms with Crippen LogP contribution in [0.1, 0.15) is 37.3 Å². The van der Waals surface area contributed by atoms with Crippen molar-refractivity contribution in [1.82, 2.24) is 15.2 Å². The van der Waals surface area contributed by atoms with Crippen LogP contribution in [0.5, 0.6) is 0 Å². The van der Waals surface area contributed by atoms with Crippen LogP contribution in [0.15, 0.2) is 6.33 Å². The van der Waals surface area contributed by atoms with Gasteiger partial charge >= 0.3 is 0 Å². The normalized spacial score (nSPS) is 10.6. The maximum Gasteiger partial charge on any atom is 0.202 e. The van der Waals surface area contributed by atoms with Gasteiger partial charge in [0.2, 0.25) is 5.78 Å². The molecule has 0 aliphatic carbocycles. The molecular weight excluding hydrogens is 154 g/mol. The van der Waals surface area contributed by atoms with Gasteiger partial charge in [0.05, 0.1) is 0 Å². The standard InChI is InChI=1S/C8H13N3O/c1-3-6(4-2)7(12)8-9-5-10-11-8/h5-6H,3-4H2,1-2H3,(H,9,10,11).